The number of rotatable bonds is 2. The quantitative estimate of drug-likeness (QED) is 0.454. The van der Waals surface area contributed by atoms with Gasteiger partial charge in [0.2, 0.25) is 0 Å². The minimum Gasteiger partial charge on any atom is -0.346 e. The monoisotopic (exact) mass is 397 g/mol. The summed E-state index contributed by atoms with van der Waals surface area (Å²) in [5, 5.41) is 8.93. The summed E-state index contributed by atoms with van der Waals surface area (Å²) in [6, 6.07) is 2.03. The van der Waals surface area contributed by atoms with Crippen LogP contribution in [0.1, 0.15) is 77.4 Å². The van der Waals surface area contributed by atoms with Crippen molar-refractivity contribution >= 4 is 22.1 Å². The Morgan fingerprint density at radius 2 is 1.48 bits per heavy atom. The van der Waals surface area contributed by atoms with Gasteiger partial charge in [0.1, 0.15) is 17.3 Å². The molecule has 0 atom stereocenters. The van der Waals surface area contributed by atoms with Crippen LogP contribution in [0.3, 0.4) is 0 Å². The SMILES string of the molecule is CC.CC.CCc1nc(C)nc2[nH]ncc12.Cc1nc(C(C)C)c2cc[nH]c2n1. The van der Waals surface area contributed by atoms with E-state index in [9.17, 15) is 0 Å². The number of fused-ring (bicyclic) bond motifs is 2. The molecule has 4 aromatic rings. The number of aryl methyl sites for hydroxylation is 3. The number of nitrogens with one attached hydrogen (secondary N) is 2. The first-order chi connectivity index (χ1) is 14.0. The highest BCUT2D eigenvalue weighted by Crippen LogP contribution is 2.21. The van der Waals surface area contributed by atoms with E-state index in [0.717, 1.165) is 51.5 Å². The molecule has 2 N–H and O–H groups in total. The largest absolute Gasteiger partial charge is 0.346 e. The van der Waals surface area contributed by atoms with Gasteiger partial charge in [-0.25, -0.2) is 19.9 Å². The zero-order valence-corrected chi connectivity index (χ0v) is 19.3. The molecule has 0 aromatic carbocycles. The van der Waals surface area contributed by atoms with E-state index in [4.69, 9.17) is 0 Å². The van der Waals surface area contributed by atoms with E-state index in [-0.39, 0.29) is 0 Å². The van der Waals surface area contributed by atoms with E-state index < -0.39 is 0 Å². The number of nitrogens with zero attached hydrogens (tertiary/aromatic N) is 5. The molecule has 29 heavy (non-hydrogen) atoms. The highest BCUT2D eigenvalue weighted by Gasteiger charge is 2.09. The maximum absolute atomic E-state index is 4.44. The van der Waals surface area contributed by atoms with Crippen molar-refractivity contribution in [2.75, 3.05) is 0 Å². The fraction of sp³-hybridized carbons (Fsp3) is 0.500. The Kier molecular flexibility index (Phi) is 9.92. The lowest BCUT2D eigenvalue weighted by Gasteiger charge is -2.06. The van der Waals surface area contributed by atoms with Crippen LogP contribution >= 0.6 is 0 Å². The van der Waals surface area contributed by atoms with Crippen molar-refractivity contribution < 1.29 is 0 Å². The second-order valence-electron chi connectivity index (χ2n) is 6.25. The van der Waals surface area contributed by atoms with Crippen molar-refractivity contribution in [3.8, 4) is 0 Å². The van der Waals surface area contributed by atoms with Gasteiger partial charge in [-0.2, -0.15) is 5.10 Å². The van der Waals surface area contributed by atoms with Gasteiger partial charge in [-0.05, 0) is 32.3 Å². The molecule has 4 heterocycles. The molecule has 0 spiro atoms. The summed E-state index contributed by atoms with van der Waals surface area (Å²) in [7, 11) is 0. The average molecular weight is 398 g/mol. The Morgan fingerprint density at radius 1 is 0.862 bits per heavy atom. The first-order valence-corrected chi connectivity index (χ1v) is 10.5. The second-order valence-corrected chi connectivity index (χ2v) is 6.25. The molecule has 4 aromatic heterocycles. The molecule has 7 heteroatoms. The number of hydrogen-bond acceptors (Lipinski definition) is 5. The standard InChI is InChI=1S/C10H13N3.C8H10N4.2C2H6/c1-6(2)9-8-4-5-11-10(8)13-7(3)12-9;1-3-7-6-4-9-12-8(6)11-5(2)10-7;2*1-2/h4-6H,1-3H3,(H,11,12,13);4H,3H2,1-2H3,(H,9,10,11,12);2*1-2H3. The number of hydrogen-bond donors (Lipinski definition) is 2. The molecule has 0 unspecified atom stereocenters. The molecular formula is C22H35N7. The normalized spacial score (nSPS) is 10.0. The Hall–Kier alpha value is -2.83. The van der Waals surface area contributed by atoms with Crippen molar-refractivity contribution in [2.24, 2.45) is 0 Å². The Morgan fingerprint density at radius 3 is 2.10 bits per heavy atom. The zero-order valence-electron chi connectivity index (χ0n) is 19.3. The van der Waals surface area contributed by atoms with E-state index in [1.54, 1.807) is 6.20 Å². The molecule has 0 bridgehead atoms. The molecule has 0 aliphatic carbocycles. The molecule has 7 nitrogen and oxygen atoms in total. The minimum atomic E-state index is 0.444. The molecule has 0 fully saturated rings. The Bertz CT molecular complexity index is 999. The van der Waals surface area contributed by atoms with Gasteiger partial charge in [0.25, 0.3) is 0 Å². The predicted molar refractivity (Wildman–Crippen MR) is 121 cm³/mol. The Labute approximate surface area is 173 Å². The fourth-order valence-electron chi connectivity index (χ4n) is 2.81. The molecule has 0 aliphatic heterocycles. The third kappa shape index (κ3) is 6.07. The first-order valence-electron chi connectivity index (χ1n) is 10.5. The minimum absolute atomic E-state index is 0.444. The van der Waals surface area contributed by atoms with Gasteiger partial charge in [-0.3, -0.25) is 5.10 Å². The molecule has 0 amide bonds. The molecule has 0 aliphatic rings. The van der Waals surface area contributed by atoms with Crippen molar-refractivity contribution in [3.05, 3.63) is 41.5 Å². The van der Waals surface area contributed by atoms with Gasteiger partial charge in [0.15, 0.2) is 5.65 Å². The van der Waals surface area contributed by atoms with Gasteiger partial charge in [0.05, 0.1) is 23.0 Å². The highest BCUT2D eigenvalue weighted by molar-refractivity contribution is 5.78. The van der Waals surface area contributed by atoms with Crippen LogP contribution in [0.2, 0.25) is 0 Å². The maximum Gasteiger partial charge on any atom is 0.159 e. The van der Waals surface area contributed by atoms with Crippen LogP contribution in [0.4, 0.5) is 0 Å². The van der Waals surface area contributed by atoms with Gasteiger partial charge in [-0.1, -0.05) is 48.5 Å². The van der Waals surface area contributed by atoms with Crippen LogP contribution in [-0.4, -0.2) is 35.1 Å². The van der Waals surface area contributed by atoms with Crippen LogP contribution in [0.25, 0.3) is 22.1 Å². The molecule has 0 saturated heterocycles. The first kappa shape index (κ1) is 24.2. The average Bonchev–Trinajstić information content (AvgIpc) is 3.39. The van der Waals surface area contributed by atoms with E-state index in [1.165, 1.54) is 0 Å². The summed E-state index contributed by atoms with van der Waals surface area (Å²) in [6.07, 6.45) is 4.59. The van der Waals surface area contributed by atoms with Crippen LogP contribution in [0.15, 0.2) is 18.5 Å². The van der Waals surface area contributed by atoms with Crippen molar-refractivity contribution in [1.82, 2.24) is 35.1 Å². The van der Waals surface area contributed by atoms with E-state index >= 15 is 0 Å². The van der Waals surface area contributed by atoms with E-state index in [2.05, 4.69) is 55.9 Å². The summed E-state index contributed by atoms with van der Waals surface area (Å²) in [6.45, 7) is 18.2. The molecular weight excluding hydrogens is 362 g/mol. The van der Waals surface area contributed by atoms with Gasteiger partial charge in [0, 0.05) is 11.6 Å². The Balaban J connectivity index is 0.000000248. The third-order valence-electron chi connectivity index (χ3n) is 3.94. The number of H-pyrrole nitrogens is 2. The predicted octanol–water partition coefficient (Wildman–Crippen LogP) is 5.67. The lowest BCUT2D eigenvalue weighted by Crippen LogP contribution is -1.98. The molecule has 0 radical (unpaired) electrons. The topological polar surface area (TPSA) is 96.0 Å². The summed E-state index contributed by atoms with van der Waals surface area (Å²) in [5.74, 6) is 2.07. The van der Waals surface area contributed by atoms with Crippen LogP contribution in [-0.2, 0) is 6.42 Å². The molecule has 4 rings (SSSR count). The van der Waals surface area contributed by atoms with E-state index in [1.807, 2.05) is 53.8 Å². The molecule has 158 valence electrons. The summed E-state index contributed by atoms with van der Waals surface area (Å²) in [4.78, 5) is 20.4. The second kappa shape index (κ2) is 11.9. The fourth-order valence-corrected chi connectivity index (χ4v) is 2.81. The summed E-state index contributed by atoms with van der Waals surface area (Å²) < 4.78 is 0. The smallest absolute Gasteiger partial charge is 0.159 e. The van der Waals surface area contributed by atoms with E-state index in [0.29, 0.717) is 5.92 Å². The number of aromatic amines is 2. The summed E-state index contributed by atoms with van der Waals surface area (Å²) >= 11 is 0. The van der Waals surface area contributed by atoms with Gasteiger partial charge >= 0.3 is 0 Å². The zero-order chi connectivity index (χ0) is 22.0. The van der Waals surface area contributed by atoms with Crippen molar-refractivity contribution in [3.63, 3.8) is 0 Å². The highest BCUT2D eigenvalue weighted by atomic mass is 15.1. The number of aromatic nitrogens is 7. The van der Waals surface area contributed by atoms with Gasteiger partial charge in [-0.15, -0.1) is 0 Å². The van der Waals surface area contributed by atoms with Crippen LogP contribution in [0, 0.1) is 13.8 Å². The van der Waals surface area contributed by atoms with Crippen LogP contribution < -0.4 is 0 Å². The van der Waals surface area contributed by atoms with Crippen LogP contribution in [0.5, 0.6) is 0 Å². The third-order valence-corrected chi connectivity index (χ3v) is 3.94. The van der Waals surface area contributed by atoms with Crippen molar-refractivity contribution in [2.45, 2.75) is 74.7 Å². The summed E-state index contributed by atoms with van der Waals surface area (Å²) in [5.41, 5.74) is 3.96. The molecule has 0 saturated carbocycles. The maximum atomic E-state index is 4.44. The lowest BCUT2D eigenvalue weighted by molar-refractivity contribution is 0.817. The van der Waals surface area contributed by atoms with Crippen molar-refractivity contribution in [1.29, 1.82) is 0 Å². The van der Waals surface area contributed by atoms with Gasteiger partial charge < -0.3 is 4.98 Å². The lowest BCUT2D eigenvalue weighted by atomic mass is 10.1.